The summed E-state index contributed by atoms with van der Waals surface area (Å²) >= 11 is 0. The van der Waals surface area contributed by atoms with Gasteiger partial charge < -0.3 is 14.2 Å². The van der Waals surface area contributed by atoms with E-state index in [2.05, 4.69) is 67.5 Å². The SMILES string of the molecule is CC(C)OC1=CC2OC[C@@H]3[C@@]4(C)CCCC(C)(C)[C@@H]4CC[C@@]3(C)C2C(OC(C)C)=C1. The fourth-order valence-corrected chi connectivity index (χ4v) is 7.91. The third-order valence-electron chi connectivity index (χ3n) is 9.00. The molecule has 3 aliphatic carbocycles. The number of rotatable bonds is 4. The Labute approximate surface area is 184 Å². The molecule has 0 aromatic carbocycles. The van der Waals surface area contributed by atoms with Crippen LogP contribution in [0, 0.1) is 34.0 Å². The standard InChI is InChI=1S/C27H44O3/c1-17(2)29-19-14-20-24(21(15-19)30-18(3)4)27(8)13-10-22-25(5,6)11-9-12-26(22,7)23(27)16-28-20/h14-15,17-18,20,22-24H,9-13,16H2,1-8H3/t20?,22-,23+,24?,26-,27+/m0/s1. The van der Waals surface area contributed by atoms with E-state index < -0.39 is 0 Å². The van der Waals surface area contributed by atoms with E-state index in [4.69, 9.17) is 14.2 Å². The summed E-state index contributed by atoms with van der Waals surface area (Å²) in [6, 6.07) is 0. The maximum atomic E-state index is 6.65. The van der Waals surface area contributed by atoms with Gasteiger partial charge in [-0.15, -0.1) is 0 Å². The number of hydrogen-bond donors (Lipinski definition) is 0. The average Bonchev–Trinajstić information content (AvgIpc) is 2.58. The van der Waals surface area contributed by atoms with Crippen LogP contribution in [0.15, 0.2) is 23.7 Å². The van der Waals surface area contributed by atoms with Gasteiger partial charge in [-0.2, -0.15) is 0 Å². The van der Waals surface area contributed by atoms with Crippen molar-refractivity contribution in [3.05, 3.63) is 23.7 Å². The van der Waals surface area contributed by atoms with Gasteiger partial charge in [0.05, 0.1) is 30.8 Å². The smallest absolute Gasteiger partial charge is 0.121 e. The number of hydrogen-bond acceptors (Lipinski definition) is 3. The molecule has 1 aliphatic heterocycles. The van der Waals surface area contributed by atoms with Crippen LogP contribution in [0.4, 0.5) is 0 Å². The van der Waals surface area contributed by atoms with E-state index in [1.807, 2.05) is 0 Å². The molecule has 0 bridgehead atoms. The molecule has 30 heavy (non-hydrogen) atoms. The van der Waals surface area contributed by atoms with Crippen LogP contribution in [-0.2, 0) is 14.2 Å². The lowest BCUT2D eigenvalue weighted by Crippen LogP contribution is -2.62. The summed E-state index contributed by atoms with van der Waals surface area (Å²) in [5.41, 5.74) is 0.978. The molecule has 0 radical (unpaired) electrons. The highest BCUT2D eigenvalue weighted by molar-refractivity contribution is 5.30. The van der Waals surface area contributed by atoms with Crippen molar-refractivity contribution >= 4 is 0 Å². The molecule has 0 aromatic heterocycles. The normalized spacial score (nSPS) is 42.6. The van der Waals surface area contributed by atoms with E-state index in [1.54, 1.807) is 0 Å². The number of fused-ring (bicyclic) bond motifs is 5. The van der Waals surface area contributed by atoms with Crippen molar-refractivity contribution in [1.29, 1.82) is 0 Å². The number of allylic oxidation sites excluding steroid dienone is 1. The average molecular weight is 417 g/mol. The van der Waals surface area contributed by atoms with Crippen molar-refractivity contribution in [2.75, 3.05) is 6.61 Å². The quantitative estimate of drug-likeness (QED) is 0.500. The lowest BCUT2D eigenvalue weighted by molar-refractivity contribution is -0.219. The van der Waals surface area contributed by atoms with Crippen LogP contribution >= 0.6 is 0 Å². The summed E-state index contributed by atoms with van der Waals surface area (Å²) in [4.78, 5) is 0. The van der Waals surface area contributed by atoms with Crippen molar-refractivity contribution in [3.63, 3.8) is 0 Å². The van der Waals surface area contributed by atoms with Gasteiger partial charge in [-0.1, -0.05) is 34.1 Å². The molecule has 1 heterocycles. The van der Waals surface area contributed by atoms with Crippen LogP contribution in [0.3, 0.4) is 0 Å². The maximum absolute atomic E-state index is 6.65. The maximum Gasteiger partial charge on any atom is 0.121 e. The largest absolute Gasteiger partial charge is 0.495 e. The summed E-state index contributed by atoms with van der Waals surface area (Å²) in [5, 5.41) is 0. The second-order valence-corrected chi connectivity index (χ2v) is 12.2. The lowest BCUT2D eigenvalue weighted by atomic mass is 9.41. The van der Waals surface area contributed by atoms with Crippen molar-refractivity contribution in [1.82, 2.24) is 0 Å². The summed E-state index contributed by atoms with van der Waals surface area (Å²) in [5.74, 6) is 3.63. The van der Waals surface area contributed by atoms with Crippen molar-refractivity contribution < 1.29 is 14.2 Å². The first-order chi connectivity index (χ1) is 14.0. The summed E-state index contributed by atoms with van der Waals surface area (Å²) < 4.78 is 19.2. The highest BCUT2D eigenvalue weighted by atomic mass is 16.5. The third kappa shape index (κ3) is 3.53. The van der Waals surface area contributed by atoms with Crippen LogP contribution in [0.1, 0.15) is 87.5 Å². The number of ether oxygens (including phenoxy) is 3. The van der Waals surface area contributed by atoms with Gasteiger partial charge >= 0.3 is 0 Å². The van der Waals surface area contributed by atoms with Gasteiger partial charge in [-0.3, -0.25) is 0 Å². The van der Waals surface area contributed by atoms with Crippen LogP contribution in [0.25, 0.3) is 0 Å². The van der Waals surface area contributed by atoms with E-state index in [9.17, 15) is 0 Å². The minimum Gasteiger partial charge on any atom is -0.495 e. The monoisotopic (exact) mass is 416 g/mol. The van der Waals surface area contributed by atoms with Gasteiger partial charge in [0.15, 0.2) is 0 Å². The third-order valence-corrected chi connectivity index (χ3v) is 9.00. The Morgan fingerprint density at radius 2 is 1.60 bits per heavy atom. The molecule has 170 valence electrons. The highest BCUT2D eigenvalue weighted by Gasteiger charge is 2.63. The van der Waals surface area contributed by atoms with Gasteiger partial charge in [-0.05, 0) is 87.5 Å². The predicted octanol–water partition coefficient (Wildman–Crippen LogP) is 6.88. The van der Waals surface area contributed by atoms with Crippen LogP contribution in [0.2, 0.25) is 0 Å². The van der Waals surface area contributed by atoms with Gasteiger partial charge in [0, 0.05) is 6.08 Å². The Hall–Kier alpha value is -0.960. The van der Waals surface area contributed by atoms with Crippen molar-refractivity contribution in [2.24, 2.45) is 34.0 Å². The second-order valence-electron chi connectivity index (χ2n) is 12.2. The molecule has 3 nitrogen and oxygen atoms in total. The zero-order chi connectivity index (χ0) is 21.9. The van der Waals surface area contributed by atoms with Gasteiger partial charge in [0.2, 0.25) is 0 Å². The molecule has 3 fully saturated rings. The molecule has 0 aromatic rings. The van der Waals surface area contributed by atoms with Crippen molar-refractivity contribution in [2.45, 2.75) is 106 Å². The molecule has 2 unspecified atom stereocenters. The highest BCUT2D eigenvalue weighted by Crippen LogP contribution is 2.68. The molecule has 4 aliphatic rings. The molecule has 0 N–H and O–H groups in total. The molecule has 0 amide bonds. The Kier molecular flexibility index (Phi) is 5.61. The lowest BCUT2D eigenvalue weighted by Gasteiger charge is -2.66. The minimum absolute atomic E-state index is 0.0514. The van der Waals surface area contributed by atoms with Crippen LogP contribution in [0.5, 0.6) is 0 Å². The van der Waals surface area contributed by atoms with Crippen LogP contribution in [-0.4, -0.2) is 24.9 Å². The Morgan fingerprint density at radius 1 is 0.900 bits per heavy atom. The topological polar surface area (TPSA) is 27.7 Å². The predicted molar refractivity (Wildman–Crippen MR) is 122 cm³/mol. The van der Waals surface area contributed by atoms with Gasteiger partial charge in [-0.25, -0.2) is 0 Å². The zero-order valence-electron chi connectivity index (χ0n) is 20.6. The first-order valence-electron chi connectivity index (χ1n) is 12.4. The molecule has 3 heteroatoms. The summed E-state index contributed by atoms with van der Waals surface area (Å²) in [7, 11) is 0. The van der Waals surface area contributed by atoms with E-state index in [0.29, 0.717) is 16.7 Å². The molecule has 2 saturated carbocycles. The molecule has 6 atom stereocenters. The Bertz CT molecular complexity index is 718. The first kappa shape index (κ1) is 22.2. The Balaban J connectivity index is 1.71. The molecule has 4 rings (SSSR count). The Morgan fingerprint density at radius 3 is 2.27 bits per heavy atom. The molecule has 1 saturated heterocycles. The van der Waals surface area contributed by atoms with Gasteiger partial charge in [0.25, 0.3) is 0 Å². The fraction of sp³-hybridized carbons (Fsp3) is 0.852. The van der Waals surface area contributed by atoms with E-state index >= 15 is 0 Å². The molecular formula is C27H44O3. The van der Waals surface area contributed by atoms with E-state index in [1.165, 1.54) is 32.1 Å². The van der Waals surface area contributed by atoms with E-state index in [-0.39, 0.29) is 29.6 Å². The zero-order valence-corrected chi connectivity index (χ0v) is 20.6. The second kappa shape index (κ2) is 7.57. The van der Waals surface area contributed by atoms with Gasteiger partial charge in [0.1, 0.15) is 11.5 Å². The summed E-state index contributed by atoms with van der Waals surface area (Å²) in [6.45, 7) is 19.4. The molecular weight excluding hydrogens is 372 g/mol. The fourth-order valence-electron chi connectivity index (χ4n) is 7.91. The van der Waals surface area contributed by atoms with Crippen LogP contribution < -0.4 is 0 Å². The summed E-state index contributed by atoms with van der Waals surface area (Å²) in [6.07, 6.45) is 11.4. The minimum atomic E-state index is 0.0514. The first-order valence-corrected chi connectivity index (χ1v) is 12.4. The van der Waals surface area contributed by atoms with Crippen molar-refractivity contribution in [3.8, 4) is 0 Å². The molecule has 0 spiro atoms. The van der Waals surface area contributed by atoms with E-state index in [0.717, 1.165) is 24.0 Å².